The first-order valence-electron chi connectivity index (χ1n) is 7.53. The fraction of sp³-hybridized carbons (Fsp3) is 0. The fourth-order valence-corrected chi connectivity index (χ4v) is 3.79. The second-order valence-corrected chi connectivity index (χ2v) is 7.26. The van der Waals surface area contributed by atoms with Gasteiger partial charge in [0.05, 0.1) is 4.91 Å². The van der Waals surface area contributed by atoms with Crippen molar-refractivity contribution in [3.05, 3.63) is 77.2 Å². The molecule has 2 nitrogen and oxygen atoms in total. The van der Waals surface area contributed by atoms with Gasteiger partial charge in [-0.05, 0) is 45.7 Å². The highest BCUT2D eigenvalue weighted by Crippen LogP contribution is 2.29. The number of hydrogen-bond donors (Lipinski definition) is 1. The summed E-state index contributed by atoms with van der Waals surface area (Å²) in [6.07, 6.45) is 1.88. The van der Waals surface area contributed by atoms with E-state index in [0.29, 0.717) is 9.23 Å². The van der Waals surface area contributed by atoms with E-state index in [1.54, 1.807) is 0 Å². The van der Waals surface area contributed by atoms with Crippen LogP contribution in [-0.2, 0) is 4.79 Å². The minimum atomic E-state index is -0.124. The second-order valence-electron chi connectivity index (χ2n) is 5.54. The molecule has 0 atom stereocenters. The van der Waals surface area contributed by atoms with E-state index in [0.717, 1.165) is 16.7 Å². The number of nitrogens with one attached hydrogen (secondary N) is 1. The molecule has 1 N–H and O–H groups in total. The van der Waals surface area contributed by atoms with Crippen LogP contribution in [-0.4, -0.2) is 10.2 Å². The molecule has 1 aliphatic heterocycles. The minimum Gasteiger partial charge on any atom is -0.307 e. The van der Waals surface area contributed by atoms with E-state index in [2.05, 4.69) is 47.8 Å². The SMILES string of the molecule is O=C1NC(=S)SC1=Cc1cccc(-c2ccc3ccccc3c2)c1. The van der Waals surface area contributed by atoms with Gasteiger partial charge in [0.1, 0.15) is 4.32 Å². The zero-order valence-corrected chi connectivity index (χ0v) is 14.3. The summed E-state index contributed by atoms with van der Waals surface area (Å²) in [6, 6.07) is 22.9. The first-order chi connectivity index (χ1) is 11.7. The van der Waals surface area contributed by atoms with E-state index in [1.807, 2.05) is 30.3 Å². The predicted octanol–water partition coefficient (Wildman–Crippen LogP) is 5.00. The number of thiocarbonyl (C=S) groups is 1. The molecule has 1 heterocycles. The fourth-order valence-electron chi connectivity index (χ4n) is 2.75. The lowest BCUT2D eigenvalue weighted by Gasteiger charge is -2.05. The lowest BCUT2D eigenvalue weighted by Crippen LogP contribution is -2.17. The van der Waals surface area contributed by atoms with Crippen LogP contribution in [0.25, 0.3) is 28.0 Å². The van der Waals surface area contributed by atoms with Crippen LogP contribution in [0.5, 0.6) is 0 Å². The lowest BCUT2D eigenvalue weighted by molar-refractivity contribution is -0.115. The van der Waals surface area contributed by atoms with Crippen molar-refractivity contribution in [2.75, 3.05) is 0 Å². The van der Waals surface area contributed by atoms with Crippen molar-refractivity contribution in [3.63, 3.8) is 0 Å². The maximum Gasteiger partial charge on any atom is 0.263 e. The summed E-state index contributed by atoms with van der Waals surface area (Å²) in [5, 5.41) is 5.09. The van der Waals surface area contributed by atoms with Crippen molar-refractivity contribution in [2.45, 2.75) is 0 Å². The van der Waals surface area contributed by atoms with Crippen LogP contribution in [0.3, 0.4) is 0 Å². The molecule has 1 saturated heterocycles. The molecular weight excluding hydrogens is 334 g/mol. The highest BCUT2D eigenvalue weighted by molar-refractivity contribution is 8.26. The van der Waals surface area contributed by atoms with Crippen LogP contribution in [0.4, 0.5) is 0 Å². The first-order valence-corrected chi connectivity index (χ1v) is 8.76. The van der Waals surface area contributed by atoms with Crippen LogP contribution >= 0.6 is 24.0 Å². The molecular formula is C20H13NOS2. The molecule has 3 aromatic rings. The molecule has 0 saturated carbocycles. The number of rotatable bonds is 2. The highest BCUT2D eigenvalue weighted by atomic mass is 32.2. The van der Waals surface area contributed by atoms with Crippen molar-refractivity contribution in [1.82, 2.24) is 5.32 Å². The number of benzene rings is 3. The second kappa shape index (κ2) is 6.23. The molecule has 0 radical (unpaired) electrons. The predicted molar refractivity (Wildman–Crippen MR) is 106 cm³/mol. The van der Waals surface area contributed by atoms with E-state index in [4.69, 9.17) is 12.2 Å². The summed E-state index contributed by atoms with van der Waals surface area (Å²) in [7, 11) is 0. The molecule has 0 bridgehead atoms. The average Bonchev–Trinajstić information content (AvgIpc) is 2.92. The Balaban J connectivity index is 1.72. The van der Waals surface area contributed by atoms with Gasteiger partial charge in [-0.1, -0.05) is 78.6 Å². The van der Waals surface area contributed by atoms with Crippen LogP contribution in [0.2, 0.25) is 0 Å². The van der Waals surface area contributed by atoms with Gasteiger partial charge in [-0.2, -0.15) is 0 Å². The van der Waals surface area contributed by atoms with Gasteiger partial charge in [0, 0.05) is 0 Å². The Hall–Kier alpha value is -2.43. The number of thioether (sulfide) groups is 1. The van der Waals surface area contributed by atoms with Crippen LogP contribution in [0.1, 0.15) is 5.56 Å². The minimum absolute atomic E-state index is 0.124. The van der Waals surface area contributed by atoms with E-state index >= 15 is 0 Å². The largest absolute Gasteiger partial charge is 0.307 e. The van der Waals surface area contributed by atoms with Crippen molar-refractivity contribution >= 4 is 51.1 Å². The molecule has 1 fully saturated rings. The van der Waals surface area contributed by atoms with Crippen molar-refractivity contribution in [2.24, 2.45) is 0 Å². The zero-order valence-electron chi connectivity index (χ0n) is 12.7. The smallest absolute Gasteiger partial charge is 0.263 e. The number of fused-ring (bicyclic) bond motifs is 1. The van der Waals surface area contributed by atoms with E-state index in [-0.39, 0.29) is 5.91 Å². The quantitative estimate of drug-likeness (QED) is 0.523. The van der Waals surface area contributed by atoms with Crippen molar-refractivity contribution in [3.8, 4) is 11.1 Å². The van der Waals surface area contributed by atoms with E-state index in [1.165, 1.54) is 22.5 Å². The Morgan fingerprint density at radius 1 is 0.875 bits per heavy atom. The average molecular weight is 347 g/mol. The van der Waals surface area contributed by atoms with E-state index < -0.39 is 0 Å². The van der Waals surface area contributed by atoms with Gasteiger partial charge in [-0.3, -0.25) is 4.79 Å². The number of amides is 1. The molecule has 0 aromatic heterocycles. The summed E-state index contributed by atoms with van der Waals surface area (Å²) in [5.41, 5.74) is 3.28. The Bertz CT molecular complexity index is 1010. The van der Waals surface area contributed by atoms with Gasteiger partial charge in [0.15, 0.2) is 0 Å². The molecule has 1 amide bonds. The third-order valence-electron chi connectivity index (χ3n) is 3.91. The van der Waals surface area contributed by atoms with Crippen molar-refractivity contribution < 1.29 is 4.79 Å². The summed E-state index contributed by atoms with van der Waals surface area (Å²) in [5.74, 6) is -0.124. The Kier molecular flexibility index (Phi) is 3.92. The monoisotopic (exact) mass is 347 g/mol. The summed E-state index contributed by atoms with van der Waals surface area (Å²) < 4.78 is 0.511. The van der Waals surface area contributed by atoms with Crippen LogP contribution in [0, 0.1) is 0 Å². The van der Waals surface area contributed by atoms with Crippen LogP contribution < -0.4 is 5.32 Å². The van der Waals surface area contributed by atoms with Gasteiger partial charge < -0.3 is 5.32 Å². The van der Waals surface area contributed by atoms with Gasteiger partial charge in [-0.15, -0.1) is 0 Å². The molecule has 116 valence electrons. The third-order valence-corrected chi connectivity index (χ3v) is 5.07. The molecule has 0 aliphatic carbocycles. The number of carbonyl (C=O) groups excluding carboxylic acids is 1. The van der Waals surface area contributed by atoms with Gasteiger partial charge in [-0.25, -0.2) is 0 Å². The molecule has 3 aromatic carbocycles. The third kappa shape index (κ3) is 2.98. The molecule has 4 heteroatoms. The standard InChI is InChI=1S/C20H13NOS2/c22-19-18(24-20(23)21-19)11-13-4-3-7-15(10-13)17-9-8-14-5-1-2-6-16(14)12-17/h1-12H,(H,21,22,23). The zero-order chi connectivity index (χ0) is 16.5. The Morgan fingerprint density at radius 2 is 1.67 bits per heavy atom. The number of hydrogen-bond acceptors (Lipinski definition) is 3. The molecule has 4 rings (SSSR count). The van der Waals surface area contributed by atoms with Gasteiger partial charge in [0.25, 0.3) is 5.91 Å². The van der Waals surface area contributed by atoms with Gasteiger partial charge in [0.2, 0.25) is 0 Å². The first kappa shape index (κ1) is 15.1. The molecule has 1 aliphatic rings. The number of carbonyl (C=O) groups is 1. The van der Waals surface area contributed by atoms with Gasteiger partial charge >= 0.3 is 0 Å². The lowest BCUT2D eigenvalue weighted by atomic mass is 9.99. The summed E-state index contributed by atoms with van der Waals surface area (Å²) >= 11 is 6.33. The Morgan fingerprint density at radius 3 is 2.46 bits per heavy atom. The molecule has 0 spiro atoms. The summed E-state index contributed by atoms with van der Waals surface area (Å²) in [4.78, 5) is 12.4. The maximum absolute atomic E-state index is 11.8. The topological polar surface area (TPSA) is 29.1 Å². The Labute approximate surface area is 149 Å². The highest BCUT2D eigenvalue weighted by Gasteiger charge is 2.21. The molecule has 0 unspecified atom stereocenters. The van der Waals surface area contributed by atoms with Crippen molar-refractivity contribution in [1.29, 1.82) is 0 Å². The maximum atomic E-state index is 11.8. The summed E-state index contributed by atoms with van der Waals surface area (Å²) in [6.45, 7) is 0. The normalized spacial score (nSPS) is 15.9. The molecule has 24 heavy (non-hydrogen) atoms. The van der Waals surface area contributed by atoms with Crippen LogP contribution in [0.15, 0.2) is 71.6 Å². The van der Waals surface area contributed by atoms with E-state index in [9.17, 15) is 4.79 Å².